The minimum atomic E-state index is -0.223. The van der Waals surface area contributed by atoms with Gasteiger partial charge in [0.1, 0.15) is 5.75 Å². The van der Waals surface area contributed by atoms with E-state index in [0.29, 0.717) is 30.4 Å². The van der Waals surface area contributed by atoms with E-state index in [-0.39, 0.29) is 18.4 Å². The van der Waals surface area contributed by atoms with Crippen LogP contribution in [0.15, 0.2) is 54.6 Å². The van der Waals surface area contributed by atoms with Gasteiger partial charge in [-0.3, -0.25) is 9.59 Å². The number of nitrogens with one attached hydrogen (secondary N) is 1. The highest BCUT2D eigenvalue weighted by atomic mass is 35.5. The van der Waals surface area contributed by atoms with Gasteiger partial charge in [-0.05, 0) is 29.8 Å². The summed E-state index contributed by atoms with van der Waals surface area (Å²) in [7, 11) is 0. The molecule has 0 aromatic heterocycles. The summed E-state index contributed by atoms with van der Waals surface area (Å²) >= 11 is 5.86. The summed E-state index contributed by atoms with van der Waals surface area (Å²) in [6.45, 7) is 2.72. The van der Waals surface area contributed by atoms with Crippen molar-refractivity contribution in [3.8, 4) is 5.75 Å². The molecule has 2 aromatic carbocycles. The SMILES string of the molecule is CC(=O)N(CCNC(=O)COc1ccccc1)Cc1ccc(Cl)cc1. The van der Waals surface area contributed by atoms with Crippen molar-refractivity contribution >= 4 is 23.4 Å². The predicted octanol–water partition coefficient (Wildman–Crippen LogP) is 2.88. The molecule has 1 N–H and O–H groups in total. The topological polar surface area (TPSA) is 58.6 Å². The number of carbonyl (C=O) groups excluding carboxylic acids is 2. The van der Waals surface area contributed by atoms with Crippen LogP contribution in [-0.4, -0.2) is 36.4 Å². The van der Waals surface area contributed by atoms with Crippen LogP contribution >= 0.6 is 11.6 Å². The molecule has 0 spiro atoms. The van der Waals surface area contributed by atoms with Crippen LogP contribution in [0.3, 0.4) is 0 Å². The number of rotatable bonds is 8. The van der Waals surface area contributed by atoms with E-state index in [4.69, 9.17) is 16.3 Å². The molecular formula is C19H21ClN2O3. The zero-order valence-electron chi connectivity index (χ0n) is 14.1. The summed E-state index contributed by atoms with van der Waals surface area (Å²) in [5, 5.41) is 3.41. The Labute approximate surface area is 152 Å². The molecule has 0 radical (unpaired) electrons. The second-order valence-corrected chi connectivity index (χ2v) is 5.96. The highest BCUT2D eigenvalue weighted by Crippen LogP contribution is 2.11. The molecule has 0 saturated carbocycles. The van der Waals surface area contributed by atoms with Crippen molar-refractivity contribution in [2.24, 2.45) is 0 Å². The van der Waals surface area contributed by atoms with Gasteiger partial charge in [0, 0.05) is 31.6 Å². The van der Waals surface area contributed by atoms with Crippen molar-refractivity contribution in [1.29, 1.82) is 0 Å². The summed E-state index contributed by atoms with van der Waals surface area (Å²) in [4.78, 5) is 25.2. The number of hydrogen-bond donors (Lipinski definition) is 1. The lowest BCUT2D eigenvalue weighted by atomic mass is 10.2. The van der Waals surface area contributed by atoms with Gasteiger partial charge in [0.2, 0.25) is 5.91 Å². The third kappa shape index (κ3) is 6.85. The van der Waals surface area contributed by atoms with Gasteiger partial charge in [0.15, 0.2) is 6.61 Å². The average molecular weight is 361 g/mol. The fourth-order valence-corrected chi connectivity index (χ4v) is 2.33. The molecule has 25 heavy (non-hydrogen) atoms. The Morgan fingerprint density at radius 2 is 1.76 bits per heavy atom. The van der Waals surface area contributed by atoms with Crippen molar-refractivity contribution in [2.45, 2.75) is 13.5 Å². The summed E-state index contributed by atoms with van der Waals surface area (Å²) < 4.78 is 5.37. The minimum absolute atomic E-state index is 0.0512. The van der Waals surface area contributed by atoms with Crippen LogP contribution in [0.5, 0.6) is 5.75 Å². The van der Waals surface area contributed by atoms with Crippen molar-refractivity contribution in [1.82, 2.24) is 10.2 Å². The molecule has 0 saturated heterocycles. The Balaban J connectivity index is 1.74. The van der Waals surface area contributed by atoms with E-state index < -0.39 is 0 Å². The van der Waals surface area contributed by atoms with E-state index in [9.17, 15) is 9.59 Å². The lowest BCUT2D eigenvalue weighted by molar-refractivity contribution is -0.130. The number of nitrogens with zero attached hydrogens (tertiary/aromatic N) is 1. The summed E-state index contributed by atoms with van der Waals surface area (Å²) in [5.74, 6) is 0.370. The van der Waals surface area contributed by atoms with Crippen molar-refractivity contribution in [3.63, 3.8) is 0 Å². The Hall–Kier alpha value is -2.53. The molecular weight excluding hydrogens is 340 g/mol. The molecule has 0 heterocycles. The average Bonchev–Trinajstić information content (AvgIpc) is 2.61. The van der Waals surface area contributed by atoms with Gasteiger partial charge in [-0.25, -0.2) is 0 Å². The maximum Gasteiger partial charge on any atom is 0.258 e. The van der Waals surface area contributed by atoms with Crippen LogP contribution in [0.25, 0.3) is 0 Å². The normalized spacial score (nSPS) is 10.2. The summed E-state index contributed by atoms with van der Waals surface area (Å²) in [6, 6.07) is 16.5. The van der Waals surface area contributed by atoms with Gasteiger partial charge in [0.05, 0.1) is 0 Å². The lowest BCUT2D eigenvalue weighted by Crippen LogP contribution is -2.38. The zero-order chi connectivity index (χ0) is 18.1. The second-order valence-electron chi connectivity index (χ2n) is 5.52. The van der Waals surface area contributed by atoms with Crippen LogP contribution in [0.2, 0.25) is 5.02 Å². The van der Waals surface area contributed by atoms with Gasteiger partial charge in [0.25, 0.3) is 5.91 Å². The van der Waals surface area contributed by atoms with E-state index in [0.717, 1.165) is 5.56 Å². The summed E-state index contributed by atoms with van der Waals surface area (Å²) in [5.41, 5.74) is 0.985. The first-order valence-electron chi connectivity index (χ1n) is 7.99. The van der Waals surface area contributed by atoms with Crippen LogP contribution in [0.4, 0.5) is 0 Å². The molecule has 0 unspecified atom stereocenters. The Morgan fingerprint density at radius 3 is 2.40 bits per heavy atom. The van der Waals surface area contributed by atoms with Crippen LogP contribution in [0.1, 0.15) is 12.5 Å². The van der Waals surface area contributed by atoms with Gasteiger partial charge < -0.3 is 15.0 Å². The lowest BCUT2D eigenvalue weighted by Gasteiger charge is -2.21. The van der Waals surface area contributed by atoms with Crippen LogP contribution < -0.4 is 10.1 Å². The fourth-order valence-electron chi connectivity index (χ4n) is 2.20. The van der Waals surface area contributed by atoms with Crippen LogP contribution in [0, 0.1) is 0 Å². The molecule has 2 aromatic rings. The Bertz CT molecular complexity index is 690. The molecule has 0 aliphatic rings. The maximum atomic E-state index is 11.8. The highest BCUT2D eigenvalue weighted by molar-refractivity contribution is 6.30. The number of halogens is 1. The van der Waals surface area contributed by atoms with Crippen molar-refractivity contribution in [3.05, 3.63) is 65.2 Å². The van der Waals surface area contributed by atoms with E-state index in [2.05, 4.69) is 5.32 Å². The Kier molecular flexibility index (Phi) is 7.29. The maximum absolute atomic E-state index is 11.8. The predicted molar refractivity (Wildman–Crippen MR) is 97.5 cm³/mol. The first-order valence-corrected chi connectivity index (χ1v) is 8.37. The second kappa shape index (κ2) is 9.69. The number of carbonyl (C=O) groups is 2. The van der Waals surface area contributed by atoms with E-state index >= 15 is 0 Å². The monoisotopic (exact) mass is 360 g/mol. The van der Waals surface area contributed by atoms with E-state index in [1.165, 1.54) is 6.92 Å². The number of benzene rings is 2. The molecule has 132 valence electrons. The Morgan fingerprint density at radius 1 is 1.08 bits per heavy atom. The van der Waals surface area contributed by atoms with Crippen molar-refractivity contribution in [2.75, 3.05) is 19.7 Å². The molecule has 0 atom stereocenters. The molecule has 0 aliphatic heterocycles. The number of para-hydroxylation sites is 1. The fraction of sp³-hybridized carbons (Fsp3) is 0.263. The molecule has 0 fully saturated rings. The smallest absolute Gasteiger partial charge is 0.258 e. The largest absolute Gasteiger partial charge is 0.484 e. The third-order valence-corrected chi connectivity index (χ3v) is 3.80. The molecule has 2 amide bonds. The van der Waals surface area contributed by atoms with Crippen LogP contribution in [-0.2, 0) is 16.1 Å². The molecule has 6 heteroatoms. The number of hydrogen-bond acceptors (Lipinski definition) is 3. The first-order chi connectivity index (χ1) is 12.0. The van der Waals surface area contributed by atoms with Gasteiger partial charge >= 0.3 is 0 Å². The van der Waals surface area contributed by atoms with Gasteiger partial charge in [-0.15, -0.1) is 0 Å². The standard InChI is InChI=1S/C19H21ClN2O3/c1-15(23)22(13-16-7-9-17(20)10-8-16)12-11-21-19(24)14-25-18-5-3-2-4-6-18/h2-10H,11-14H2,1H3,(H,21,24). The summed E-state index contributed by atoms with van der Waals surface area (Å²) in [6.07, 6.45) is 0. The zero-order valence-corrected chi connectivity index (χ0v) is 14.8. The quantitative estimate of drug-likeness (QED) is 0.787. The van der Waals surface area contributed by atoms with E-state index in [1.807, 2.05) is 30.3 Å². The molecule has 0 bridgehead atoms. The molecule has 0 aliphatic carbocycles. The van der Waals surface area contributed by atoms with E-state index in [1.54, 1.807) is 29.2 Å². The first kappa shape index (κ1) is 18.8. The van der Waals surface area contributed by atoms with Gasteiger partial charge in [-0.2, -0.15) is 0 Å². The molecule has 5 nitrogen and oxygen atoms in total. The number of ether oxygens (including phenoxy) is 1. The highest BCUT2D eigenvalue weighted by Gasteiger charge is 2.10. The number of amides is 2. The van der Waals surface area contributed by atoms with Crippen molar-refractivity contribution < 1.29 is 14.3 Å². The third-order valence-electron chi connectivity index (χ3n) is 3.55. The minimum Gasteiger partial charge on any atom is -0.484 e. The molecule has 2 rings (SSSR count). The van der Waals surface area contributed by atoms with Gasteiger partial charge in [-0.1, -0.05) is 41.9 Å².